The van der Waals surface area contributed by atoms with Crippen LogP contribution in [0.4, 0.5) is 5.82 Å². The molecule has 0 fully saturated rings. The zero-order valence-electron chi connectivity index (χ0n) is 14.7. The van der Waals surface area contributed by atoms with E-state index in [2.05, 4.69) is 15.3 Å². The van der Waals surface area contributed by atoms with Gasteiger partial charge in [0, 0.05) is 11.8 Å². The predicted molar refractivity (Wildman–Crippen MR) is 98.6 cm³/mol. The Kier molecular flexibility index (Phi) is 7.12. The molecule has 2 amide bonds. The molecule has 1 heterocycles. The molecule has 1 aromatic heterocycles. The van der Waals surface area contributed by atoms with Gasteiger partial charge >= 0.3 is 5.97 Å². The van der Waals surface area contributed by atoms with Crippen LogP contribution in [-0.4, -0.2) is 47.2 Å². The van der Waals surface area contributed by atoms with E-state index in [0.29, 0.717) is 11.3 Å². The van der Waals surface area contributed by atoms with Gasteiger partial charge in [0.25, 0.3) is 5.91 Å². The Morgan fingerprint density at radius 3 is 2.52 bits per heavy atom. The minimum atomic E-state index is -0.616. The van der Waals surface area contributed by atoms with Crippen LogP contribution >= 0.6 is 11.8 Å². The molecule has 0 spiro atoms. The molecule has 0 saturated carbocycles. The van der Waals surface area contributed by atoms with Gasteiger partial charge in [-0.05, 0) is 31.2 Å². The van der Waals surface area contributed by atoms with Crippen LogP contribution in [-0.2, 0) is 9.53 Å². The molecule has 0 bridgehead atoms. The number of carbonyl (C=O) groups is 3. The lowest BCUT2D eigenvalue weighted by molar-refractivity contribution is -0.117. The SMILES string of the molecule is CCOC(=O)c1cnc(SCC(=O)NC(=O)c2ccc(OC)cc2)nc1N. The second kappa shape index (κ2) is 9.53. The number of esters is 1. The Morgan fingerprint density at radius 1 is 1.22 bits per heavy atom. The van der Waals surface area contributed by atoms with Crippen molar-refractivity contribution in [3.8, 4) is 5.75 Å². The first kappa shape index (κ1) is 20.2. The number of nitrogens with two attached hydrogens (primary N) is 1. The van der Waals surface area contributed by atoms with Gasteiger partial charge in [0.1, 0.15) is 17.1 Å². The highest BCUT2D eigenvalue weighted by Crippen LogP contribution is 2.17. The molecule has 1 aromatic carbocycles. The Balaban J connectivity index is 1.90. The monoisotopic (exact) mass is 390 g/mol. The first-order valence-corrected chi connectivity index (χ1v) is 8.83. The van der Waals surface area contributed by atoms with Crippen molar-refractivity contribution in [1.29, 1.82) is 0 Å². The first-order valence-electron chi connectivity index (χ1n) is 7.85. The molecule has 0 atom stereocenters. The van der Waals surface area contributed by atoms with Crippen molar-refractivity contribution in [3.63, 3.8) is 0 Å². The molecule has 0 unspecified atom stereocenters. The van der Waals surface area contributed by atoms with Gasteiger partial charge in [-0.3, -0.25) is 14.9 Å². The van der Waals surface area contributed by atoms with Gasteiger partial charge in [0.05, 0.1) is 19.5 Å². The number of thioether (sulfide) groups is 1. The van der Waals surface area contributed by atoms with Gasteiger partial charge in [0.15, 0.2) is 5.16 Å². The number of hydrogen-bond acceptors (Lipinski definition) is 9. The molecule has 0 aliphatic carbocycles. The van der Waals surface area contributed by atoms with Crippen molar-refractivity contribution in [2.75, 3.05) is 25.2 Å². The summed E-state index contributed by atoms with van der Waals surface area (Å²) < 4.78 is 9.84. The van der Waals surface area contributed by atoms with Gasteiger partial charge in [-0.2, -0.15) is 0 Å². The normalized spacial score (nSPS) is 10.1. The third-order valence-corrected chi connectivity index (χ3v) is 4.09. The number of amides is 2. The standard InChI is InChI=1S/C17H18N4O5S/c1-3-26-16(24)12-8-19-17(21-14(12)18)27-9-13(22)20-15(23)10-4-6-11(25-2)7-5-10/h4-8H,3,9H2,1-2H3,(H2,18,19,21)(H,20,22,23). The number of rotatable bonds is 7. The Bertz CT molecular complexity index is 842. The summed E-state index contributed by atoms with van der Waals surface area (Å²) in [4.78, 5) is 43.5. The van der Waals surface area contributed by atoms with E-state index in [9.17, 15) is 14.4 Å². The summed E-state index contributed by atoms with van der Waals surface area (Å²) in [6.45, 7) is 1.88. The third-order valence-electron chi connectivity index (χ3n) is 3.23. The Hall–Kier alpha value is -3.14. The maximum absolute atomic E-state index is 12.0. The number of nitrogen functional groups attached to an aromatic ring is 1. The summed E-state index contributed by atoms with van der Waals surface area (Å²) in [5.74, 6) is -1.19. The van der Waals surface area contributed by atoms with Crippen LogP contribution < -0.4 is 15.8 Å². The quantitative estimate of drug-likeness (QED) is 0.407. The number of hydrogen-bond donors (Lipinski definition) is 2. The first-order chi connectivity index (χ1) is 12.9. The highest BCUT2D eigenvalue weighted by molar-refractivity contribution is 7.99. The lowest BCUT2D eigenvalue weighted by Gasteiger charge is -2.07. The van der Waals surface area contributed by atoms with Crippen molar-refractivity contribution in [2.24, 2.45) is 0 Å². The van der Waals surface area contributed by atoms with Crippen LogP contribution in [0.5, 0.6) is 5.75 Å². The zero-order valence-corrected chi connectivity index (χ0v) is 15.5. The summed E-state index contributed by atoms with van der Waals surface area (Å²) in [5, 5.41) is 2.47. The van der Waals surface area contributed by atoms with Gasteiger partial charge in [0.2, 0.25) is 5.91 Å². The third kappa shape index (κ3) is 5.68. The number of anilines is 1. The maximum Gasteiger partial charge on any atom is 0.343 e. The summed E-state index contributed by atoms with van der Waals surface area (Å²) >= 11 is 0.981. The van der Waals surface area contributed by atoms with Crippen LogP contribution in [0.3, 0.4) is 0 Å². The van der Waals surface area contributed by atoms with Crippen LogP contribution in [0.15, 0.2) is 35.6 Å². The number of methoxy groups -OCH3 is 1. The number of carbonyl (C=O) groups excluding carboxylic acids is 3. The van der Waals surface area contributed by atoms with Gasteiger partial charge in [-0.1, -0.05) is 11.8 Å². The van der Waals surface area contributed by atoms with E-state index in [1.54, 1.807) is 31.2 Å². The molecule has 27 heavy (non-hydrogen) atoms. The van der Waals surface area contributed by atoms with Crippen LogP contribution in [0.25, 0.3) is 0 Å². The Morgan fingerprint density at radius 2 is 1.93 bits per heavy atom. The summed E-state index contributed by atoms with van der Waals surface area (Å²) in [5.41, 5.74) is 6.09. The lowest BCUT2D eigenvalue weighted by Crippen LogP contribution is -2.31. The molecule has 2 aromatic rings. The van der Waals surface area contributed by atoms with E-state index in [-0.39, 0.29) is 28.9 Å². The molecule has 0 saturated heterocycles. The highest BCUT2D eigenvalue weighted by atomic mass is 32.2. The fourth-order valence-electron chi connectivity index (χ4n) is 1.92. The summed E-state index contributed by atoms with van der Waals surface area (Å²) in [6, 6.07) is 6.34. The maximum atomic E-state index is 12.0. The van der Waals surface area contributed by atoms with Crippen LogP contribution in [0.1, 0.15) is 27.6 Å². The summed E-state index contributed by atoms with van der Waals surface area (Å²) in [7, 11) is 1.52. The molecule has 2 rings (SSSR count). The smallest absolute Gasteiger partial charge is 0.343 e. The van der Waals surface area contributed by atoms with Gasteiger partial charge in [-0.25, -0.2) is 14.8 Å². The minimum Gasteiger partial charge on any atom is -0.497 e. The second-order valence-electron chi connectivity index (χ2n) is 5.07. The van der Waals surface area contributed by atoms with Crippen molar-refractivity contribution in [2.45, 2.75) is 12.1 Å². The van der Waals surface area contributed by atoms with Crippen molar-refractivity contribution in [1.82, 2.24) is 15.3 Å². The number of ether oxygens (including phenoxy) is 2. The fraction of sp³-hybridized carbons (Fsp3) is 0.235. The molecule has 142 valence electrons. The molecule has 0 radical (unpaired) electrons. The molecule has 3 N–H and O–H groups in total. The predicted octanol–water partition coefficient (Wildman–Crippen LogP) is 1.29. The molecular formula is C17H18N4O5S. The molecular weight excluding hydrogens is 372 g/mol. The Labute approximate surface area is 159 Å². The van der Waals surface area contributed by atoms with E-state index in [1.165, 1.54) is 13.3 Å². The topological polar surface area (TPSA) is 134 Å². The highest BCUT2D eigenvalue weighted by Gasteiger charge is 2.15. The zero-order chi connectivity index (χ0) is 19.8. The van der Waals surface area contributed by atoms with E-state index >= 15 is 0 Å². The second-order valence-corrected chi connectivity index (χ2v) is 6.01. The molecule has 9 nitrogen and oxygen atoms in total. The van der Waals surface area contributed by atoms with E-state index in [1.807, 2.05) is 0 Å². The van der Waals surface area contributed by atoms with E-state index < -0.39 is 17.8 Å². The lowest BCUT2D eigenvalue weighted by atomic mass is 10.2. The number of imide groups is 1. The van der Waals surface area contributed by atoms with Crippen LogP contribution in [0.2, 0.25) is 0 Å². The van der Waals surface area contributed by atoms with Crippen molar-refractivity contribution in [3.05, 3.63) is 41.6 Å². The summed E-state index contributed by atoms with van der Waals surface area (Å²) in [6.07, 6.45) is 1.24. The van der Waals surface area contributed by atoms with Gasteiger partial charge in [-0.15, -0.1) is 0 Å². The van der Waals surface area contributed by atoms with Gasteiger partial charge < -0.3 is 15.2 Å². The average Bonchev–Trinajstić information content (AvgIpc) is 2.66. The number of nitrogens with one attached hydrogen (secondary N) is 1. The molecule has 10 heteroatoms. The van der Waals surface area contributed by atoms with E-state index in [0.717, 1.165) is 11.8 Å². The average molecular weight is 390 g/mol. The molecule has 0 aliphatic rings. The van der Waals surface area contributed by atoms with Crippen molar-refractivity contribution >= 4 is 35.4 Å². The fourth-order valence-corrected chi connectivity index (χ4v) is 2.54. The van der Waals surface area contributed by atoms with Crippen molar-refractivity contribution < 1.29 is 23.9 Å². The minimum absolute atomic E-state index is 0.0410. The number of nitrogens with zero attached hydrogens (tertiary/aromatic N) is 2. The van der Waals surface area contributed by atoms with Crippen LogP contribution in [0, 0.1) is 0 Å². The van der Waals surface area contributed by atoms with E-state index in [4.69, 9.17) is 15.2 Å². The largest absolute Gasteiger partial charge is 0.497 e. The number of aromatic nitrogens is 2. The number of benzene rings is 1. The molecule has 0 aliphatic heterocycles.